The highest BCUT2D eigenvalue weighted by molar-refractivity contribution is 7.99. The van der Waals surface area contributed by atoms with E-state index >= 15 is 0 Å². The first kappa shape index (κ1) is 14.4. The van der Waals surface area contributed by atoms with Crippen molar-refractivity contribution in [1.82, 2.24) is 10.1 Å². The molecule has 0 saturated heterocycles. The number of hydrogen-bond acceptors (Lipinski definition) is 6. The summed E-state index contributed by atoms with van der Waals surface area (Å²) in [4.78, 5) is 5.66. The van der Waals surface area contributed by atoms with Crippen LogP contribution in [0.1, 0.15) is 37.6 Å². The number of hydrogen-bond donors (Lipinski definition) is 1. The van der Waals surface area contributed by atoms with Crippen molar-refractivity contribution in [2.75, 3.05) is 12.3 Å². The van der Waals surface area contributed by atoms with Gasteiger partial charge in [-0.1, -0.05) is 31.1 Å². The molecular formula is C15H19N3O2S. The van der Waals surface area contributed by atoms with Gasteiger partial charge < -0.3 is 15.0 Å². The molecule has 6 heteroatoms. The zero-order valence-electron chi connectivity index (χ0n) is 12.2. The third-order valence-corrected chi connectivity index (χ3v) is 4.75. The first-order valence-electron chi connectivity index (χ1n) is 7.11. The van der Waals surface area contributed by atoms with Crippen molar-refractivity contribution in [2.24, 2.45) is 11.7 Å². The monoisotopic (exact) mass is 305 g/mol. The van der Waals surface area contributed by atoms with Gasteiger partial charge in [0.2, 0.25) is 11.7 Å². The molecule has 1 aliphatic heterocycles. The van der Waals surface area contributed by atoms with Gasteiger partial charge in [-0.15, -0.1) is 11.8 Å². The largest absolute Gasteiger partial charge is 0.480 e. The van der Waals surface area contributed by atoms with Crippen LogP contribution in [-0.2, 0) is 0 Å². The first-order valence-corrected chi connectivity index (χ1v) is 8.09. The third kappa shape index (κ3) is 2.91. The van der Waals surface area contributed by atoms with Crippen molar-refractivity contribution in [3.63, 3.8) is 0 Å². The van der Waals surface area contributed by atoms with Crippen LogP contribution in [0.25, 0.3) is 0 Å². The molecule has 3 rings (SSSR count). The number of thioether (sulfide) groups is 1. The Balaban J connectivity index is 1.79. The highest BCUT2D eigenvalue weighted by Crippen LogP contribution is 2.39. The number of rotatable bonds is 4. The average molecular weight is 305 g/mol. The van der Waals surface area contributed by atoms with E-state index in [1.165, 1.54) is 0 Å². The molecule has 0 spiro atoms. The van der Waals surface area contributed by atoms with Gasteiger partial charge in [0.25, 0.3) is 0 Å². The molecule has 0 amide bonds. The maximum atomic E-state index is 5.97. The van der Waals surface area contributed by atoms with Gasteiger partial charge in [-0.2, -0.15) is 4.98 Å². The molecule has 1 aliphatic rings. The molecule has 0 saturated carbocycles. The van der Waals surface area contributed by atoms with E-state index in [2.05, 4.69) is 30.1 Å². The fraction of sp³-hybridized carbons (Fsp3) is 0.467. The van der Waals surface area contributed by atoms with Gasteiger partial charge in [0.15, 0.2) is 6.10 Å². The molecule has 0 aliphatic carbocycles. The van der Waals surface area contributed by atoms with Crippen LogP contribution in [0.3, 0.4) is 0 Å². The van der Waals surface area contributed by atoms with Crippen LogP contribution in [0.2, 0.25) is 0 Å². The zero-order valence-corrected chi connectivity index (χ0v) is 13.0. The quantitative estimate of drug-likeness (QED) is 0.936. The fourth-order valence-electron chi connectivity index (χ4n) is 2.33. The first-order chi connectivity index (χ1) is 10.2. The molecule has 1 aromatic carbocycles. The summed E-state index contributed by atoms with van der Waals surface area (Å²) >= 11 is 1.75. The summed E-state index contributed by atoms with van der Waals surface area (Å²) in [6.07, 6.45) is -0.173. The lowest BCUT2D eigenvalue weighted by atomic mass is 9.96. The minimum atomic E-state index is -0.173. The Hall–Kier alpha value is -1.53. The predicted molar refractivity (Wildman–Crippen MR) is 81.5 cm³/mol. The molecule has 5 nitrogen and oxygen atoms in total. The second-order valence-electron chi connectivity index (χ2n) is 5.44. The molecule has 2 atom stereocenters. The molecule has 0 bridgehead atoms. The van der Waals surface area contributed by atoms with Gasteiger partial charge >= 0.3 is 0 Å². The summed E-state index contributed by atoms with van der Waals surface area (Å²) in [7, 11) is 0. The summed E-state index contributed by atoms with van der Waals surface area (Å²) in [6, 6.07) is 8.00. The summed E-state index contributed by atoms with van der Waals surface area (Å²) < 4.78 is 11.4. The molecule has 0 radical (unpaired) electrons. The van der Waals surface area contributed by atoms with Crippen LogP contribution >= 0.6 is 11.8 Å². The van der Waals surface area contributed by atoms with E-state index in [1.807, 2.05) is 18.2 Å². The number of nitrogens with zero attached hydrogens (tertiary/aromatic N) is 2. The molecular weight excluding hydrogens is 286 g/mol. The minimum Gasteiger partial charge on any atom is -0.480 e. The predicted octanol–water partition coefficient (Wildman–Crippen LogP) is 2.99. The van der Waals surface area contributed by atoms with E-state index in [4.69, 9.17) is 15.0 Å². The van der Waals surface area contributed by atoms with Crippen molar-refractivity contribution >= 4 is 11.8 Å². The minimum absolute atomic E-state index is 0.0924. The van der Waals surface area contributed by atoms with E-state index in [0.29, 0.717) is 24.2 Å². The molecule has 2 heterocycles. The summed E-state index contributed by atoms with van der Waals surface area (Å²) in [6.45, 7) is 4.71. The van der Waals surface area contributed by atoms with Crippen molar-refractivity contribution in [3.05, 3.63) is 36.0 Å². The number of ether oxygens (including phenoxy) is 1. The van der Waals surface area contributed by atoms with Crippen LogP contribution < -0.4 is 10.5 Å². The Morgan fingerprint density at radius 3 is 2.95 bits per heavy atom. The highest BCUT2D eigenvalue weighted by atomic mass is 32.2. The Morgan fingerprint density at radius 2 is 2.19 bits per heavy atom. The van der Waals surface area contributed by atoms with Crippen LogP contribution in [0.15, 0.2) is 33.7 Å². The fourth-order valence-corrected chi connectivity index (χ4v) is 3.31. The highest BCUT2D eigenvalue weighted by Gasteiger charge is 2.28. The number of nitrogens with two attached hydrogens (primary N) is 1. The van der Waals surface area contributed by atoms with Crippen LogP contribution in [0.4, 0.5) is 0 Å². The van der Waals surface area contributed by atoms with Gasteiger partial charge in [0, 0.05) is 17.2 Å². The van der Waals surface area contributed by atoms with E-state index in [-0.39, 0.29) is 12.0 Å². The topological polar surface area (TPSA) is 74.2 Å². The SMILES string of the molecule is CC(C)C(CN)c1nc(C2CSc3ccccc3O2)no1. The molecule has 2 aromatic rings. The Morgan fingerprint density at radius 1 is 1.38 bits per heavy atom. The molecule has 1 aromatic heterocycles. The number of aromatic nitrogens is 2. The van der Waals surface area contributed by atoms with Gasteiger partial charge in [0.1, 0.15) is 5.75 Å². The van der Waals surface area contributed by atoms with Crippen LogP contribution in [0.5, 0.6) is 5.75 Å². The van der Waals surface area contributed by atoms with E-state index < -0.39 is 0 Å². The van der Waals surface area contributed by atoms with Gasteiger partial charge in [-0.05, 0) is 18.1 Å². The van der Waals surface area contributed by atoms with Crippen molar-refractivity contribution < 1.29 is 9.26 Å². The van der Waals surface area contributed by atoms with Crippen molar-refractivity contribution in [3.8, 4) is 5.75 Å². The standard InChI is InChI=1S/C15H19N3O2S/c1-9(2)10(7-16)15-17-14(18-20-15)12-8-21-13-6-4-3-5-11(13)19-12/h3-6,9-10,12H,7-8,16H2,1-2H3. The Labute approximate surface area is 128 Å². The maximum Gasteiger partial charge on any atom is 0.231 e. The molecule has 21 heavy (non-hydrogen) atoms. The summed E-state index contributed by atoms with van der Waals surface area (Å²) in [5.41, 5.74) is 5.79. The molecule has 112 valence electrons. The van der Waals surface area contributed by atoms with Crippen molar-refractivity contribution in [2.45, 2.75) is 30.8 Å². The Kier molecular flexibility index (Phi) is 4.17. The van der Waals surface area contributed by atoms with Gasteiger partial charge in [-0.3, -0.25) is 0 Å². The van der Waals surface area contributed by atoms with Gasteiger partial charge in [0.05, 0.1) is 5.92 Å². The molecule has 2 unspecified atom stereocenters. The van der Waals surface area contributed by atoms with Crippen molar-refractivity contribution in [1.29, 1.82) is 0 Å². The summed E-state index contributed by atoms with van der Waals surface area (Å²) in [5, 5.41) is 4.08. The van der Waals surface area contributed by atoms with Gasteiger partial charge in [-0.25, -0.2) is 0 Å². The second kappa shape index (κ2) is 6.07. The normalized spacial score (nSPS) is 19.1. The van der Waals surface area contributed by atoms with E-state index in [0.717, 1.165) is 16.4 Å². The molecule has 0 fully saturated rings. The van der Waals surface area contributed by atoms with E-state index in [1.54, 1.807) is 11.8 Å². The maximum absolute atomic E-state index is 5.97. The summed E-state index contributed by atoms with van der Waals surface area (Å²) in [5.74, 6) is 3.33. The van der Waals surface area contributed by atoms with Crippen LogP contribution in [-0.4, -0.2) is 22.4 Å². The lowest BCUT2D eigenvalue weighted by Crippen LogP contribution is -2.19. The lowest BCUT2D eigenvalue weighted by Gasteiger charge is -2.23. The lowest BCUT2D eigenvalue weighted by molar-refractivity contribution is 0.204. The third-order valence-electron chi connectivity index (χ3n) is 3.63. The zero-order chi connectivity index (χ0) is 14.8. The second-order valence-corrected chi connectivity index (χ2v) is 6.50. The number of fused-ring (bicyclic) bond motifs is 1. The number of benzene rings is 1. The van der Waals surface area contributed by atoms with E-state index in [9.17, 15) is 0 Å². The smallest absolute Gasteiger partial charge is 0.231 e. The molecule has 2 N–H and O–H groups in total. The number of para-hydroxylation sites is 1. The Bertz CT molecular complexity index is 614. The average Bonchev–Trinajstić information content (AvgIpc) is 2.96. The van der Waals surface area contributed by atoms with Crippen LogP contribution in [0, 0.1) is 5.92 Å².